The standard InChI is InChI=1S/C17H17N5O2/c23-16(14-5-4-13-15(20-14)22-17(24)21-13)19-9-11-3-1-2-10-8-18-7-6-12(10)11/h1-5,18H,6-9H2,(H,19,23)(H2,20,21,22,24). The first kappa shape index (κ1) is 14.6. The highest BCUT2D eigenvalue weighted by Gasteiger charge is 2.14. The summed E-state index contributed by atoms with van der Waals surface area (Å²) in [5.74, 6) is -0.259. The van der Waals surface area contributed by atoms with Crippen molar-refractivity contribution in [1.29, 1.82) is 0 Å². The van der Waals surface area contributed by atoms with Crippen molar-refractivity contribution in [3.8, 4) is 0 Å². The van der Waals surface area contributed by atoms with E-state index in [4.69, 9.17) is 0 Å². The van der Waals surface area contributed by atoms with Crippen LogP contribution in [0.2, 0.25) is 0 Å². The third-order valence-corrected chi connectivity index (χ3v) is 4.28. The molecule has 0 spiro atoms. The van der Waals surface area contributed by atoms with Crippen molar-refractivity contribution in [1.82, 2.24) is 25.6 Å². The Labute approximate surface area is 137 Å². The number of nitrogens with one attached hydrogen (secondary N) is 4. The second kappa shape index (κ2) is 5.93. The quantitative estimate of drug-likeness (QED) is 0.573. The molecule has 3 heterocycles. The van der Waals surface area contributed by atoms with E-state index in [0.717, 1.165) is 25.1 Å². The van der Waals surface area contributed by atoms with Crippen molar-refractivity contribution in [2.75, 3.05) is 6.54 Å². The lowest BCUT2D eigenvalue weighted by Crippen LogP contribution is -2.28. The van der Waals surface area contributed by atoms with Crippen LogP contribution < -0.4 is 16.3 Å². The van der Waals surface area contributed by atoms with Gasteiger partial charge in [0.25, 0.3) is 5.91 Å². The molecule has 0 bridgehead atoms. The van der Waals surface area contributed by atoms with Crippen molar-refractivity contribution in [3.63, 3.8) is 0 Å². The summed E-state index contributed by atoms with van der Waals surface area (Å²) in [4.78, 5) is 33.0. The third-order valence-electron chi connectivity index (χ3n) is 4.28. The molecule has 0 unspecified atom stereocenters. The summed E-state index contributed by atoms with van der Waals surface area (Å²) in [6, 6.07) is 9.45. The van der Waals surface area contributed by atoms with Crippen molar-refractivity contribution >= 4 is 17.1 Å². The lowest BCUT2D eigenvalue weighted by atomic mass is 9.95. The molecule has 3 aromatic rings. The molecule has 1 aromatic carbocycles. The van der Waals surface area contributed by atoms with E-state index in [9.17, 15) is 9.59 Å². The van der Waals surface area contributed by atoms with Crippen LogP contribution in [0, 0.1) is 0 Å². The molecule has 0 atom stereocenters. The molecule has 0 fully saturated rings. The van der Waals surface area contributed by atoms with Crippen molar-refractivity contribution in [2.24, 2.45) is 0 Å². The number of benzene rings is 1. The predicted octanol–water partition coefficient (Wildman–Crippen LogP) is 0.827. The minimum Gasteiger partial charge on any atom is -0.347 e. The number of aromatic nitrogens is 3. The number of carbonyl (C=O) groups excluding carboxylic acids is 1. The SMILES string of the molecule is O=C(NCc1cccc2c1CCNC2)c1ccc2[nH]c(=O)[nH]c2n1. The van der Waals surface area contributed by atoms with Gasteiger partial charge in [0.2, 0.25) is 0 Å². The Kier molecular flexibility index (Phi) is 3.62. The van der Waals surface area contributed by atoms with Crippen LogP contribution in [0.25, 0.3) is 11.2 Å². The van der Waals surface area contributed by atoms with Crippen molar-refractivity contribution in [3.05, 3.63) is 63.2 Å². The number of carbonyl (C=O) groups is 1. The Bertz CT molecular complexity index is 973. The maximum absolute atomic E-state index is 12.3. The number of aromatic amines is 2. The molecule has 122 valence electrons. The van der Waals surface area contributed by atoms with E-state index in [2.05, 4.69) is 31.7 Å². The molecule has 0 saturated heterocycles. The van der Waals surface area contributed by atoms with Crippen molar-refractivity contribution in [2.45, 2.75) is 19.5 Å². The Morgan fingerprint density at radius 3 is 3.04 bits per heavy atom. The summed E-state index contributed by atoms with van der Waals surface area (Å²) in [5, 5.41) is 6.26. The number of hydrogen-bond acceptors (Lipinski definition) is 4. The van der Waals surface area contributed by atoms with Crippen LogP contribution in [0.5, 0.6) is 0 Å². The van der Waals surface area contributed by atoms with Gasteiger partial charge in [-0.3, -0.25) is 9.78 Å². The van der Waals surface area contributed by atoms with Gasteiger partial charge in [0.15, 0.2) is 5.65 Å². The summed E-state index contributed by atoms with van der Waals surface area (Å²) in [5.41, 5.74) is 4.66. The molecule has 7 nitrogen and oxygen atoms in total. The van der Waals surface area contributed by atoms with Crippen LogP contribution in [0.4, 0.5) is 0 Å². The van der Waals surface area contributed by atoms with Gasteiger partial charge in [-0.25, -0.2) is 9.78 Å². The number of nitrogens with zero attached hydrogens (tertiary/aromatic N) is 1. The monoisotopic (exact) mass is 323 g/mol. The van der Waals surface area contributed by atoms with Crippen LogP contribution in [0.15, 0.2) is 35.1 Å². The van der Waals surface area contributed by atoms with E-state index >= 15 is 0 Å². The lowest BCUT2D eigenvalue weighted by molar-refractivity contribution is 0.0946. The van der Waals surface area contributed by atoms with Gasteiger partial charge >= 0.3 is 5.69 Å². The zero-order valence-electron chi connectivity index (χ0n) is 13.0. The number of fused-ring (bicyclic) bond motifs is 2. The normalized spacial score (nSPS) is 13.7. The summed E-state index contributed by atoms with van der Waals surface area (Å²) < 4.78 is 0. The Morgan fingerprint density at radius 1 is 1.21 bits per heavy atom. The molecule has 0 radical (unpaired) electrons. The molecule has 4 N–H and O–H groups in total. The highest BCUT2D eigenvalue weighted by Crippen LogP contribution is 2.18. The average molecular weight is 323 g/mol. The molecule has 0 aliphatic carbocycles. The summed E-state index contributed by atoms with van der Waals surface area (Å²) >= 11 is 0. The fourth-order valence-electron chi connectivity index (χ4n) is 3.09. The molecule has 0 saturated carbocycles. The molecule has 24 heavy (non-hydrogen) atoms. The molecular weight excluding hydrogens is 306 g/mol. The maximum atomic E-state index is 12.3. The number of rotatable bonds is 3. The Hall–Kier alpha value is -2.93. The van der Waals surface area contributed by atoms with Gasteiger partial charge in [-0.05, 0) is 41.8 Å². The van der Waals surface area contributed by atoms with Gasteiger partial charge in [0, 0.05) is 13.1 Å². The third kappa shape index (κ3) is 2.69. The maximum Gasteiger partial charge on any atom is 0.325 e. The fraction of sp³-hybridized carbons (Fsp3) is 0.235. The zero-order valence-corrected chi connectivity index (χ0v) is 13.0. The average Bonchev–Trinajstić information content (AvgIpc) is 2.98. The van der Waals surface area contributed by atoms with E-state index in [-0.39, 0.29) is 17.3 Å². The first-order valence-corrected chi connectivity index (χ1v) is 7.88. The van der Waals surface area contributed by atoms with Gasteiger partial charge in [-0.2, -0.15) is 0 Å². The molecule has 2 aromatic heterocycles. The van der Waals surface area contributed by atoms with Crippen LogP contribution in [-0.4, -0.2) is 27.4 Å². The number of pyridine rings is 1. The smallest absolute Gasteiger partial charge is 0.325 e. The second-order valence-electron chi connectivity index (χ2n) is 5.84. The lowest BCUT2D eigenvalue weighted by Gasteiger charge is -2.20. The largest absolute Gasteiger partial charge is 0.347 e. The molecule has 1 aliphatic rings. The minimum atomic E-state index is -0.334. The number of amides is 1. The molecule has 7 heteroatoms. The summed E-state index contributed by atoms with van der Waals surface area (Å²) in [6.45, 7) is 2.29. The van der Waals surface area contributed by atoms with Crippen LogP contribution in [0.1, 0.15) is 27.2 Å². The van der Waals surface area contributed by atoms with Crippen LogP contribution in [0.3, 0.4) is 0 Å². The van der Waals surface area contributed by atoms with Crippen LogP contribution >= 0.6 is 0 Å². The zero-order chi connectivity index (χ0) is 16.5. The molecule has 4 rings (SSSR count). The van der Waals surface area contributed by atoms with E-state index in [1.807, 2.05) is 12.1 Å². The molecular formula is C17H17N5O2. The predicted molar refractivity (Wildman–Crippen MR) is 89.7 cm³/mol. The number of H-pyrrole nitrogens is 2. The van der Waals surface area contributed by atoms with Gasteiger partial charge in [-0.1, -0.05) is 18.2 Å². The Balaban J connectivity index is 1.52. The topological polar surface area (TPSA) is 103 Å². The second-order valence-corrected chi connectivity index (χ2v) is 5.84. The van der Waals surface area contributed by atoms with E-state index < -0.39 is 0 Å². The van der Waals surface area contributed by atoms with Crippen LogP contribution in [-0.2, 0) is 19.5 Å². The number of hydrogen-bond donors (Lipinski definition) is 4. The fourth-order valence-corrected chi connectivity index (χ4v) is 3.09. The van der Waals surface area contributed by atoms with Gasteiger partial charge in [-0.15, -0.1) is 0 Å². The minimum absolute atomic E-state index is 0.259. The molecule has 1 aliphatic heterocycles. The summed E-state index contributed by atoms with van der Waals surface area (Å²) in [7, 11) is 0. The van der Waals surface area contributed by atoms with E-state index in [1.54, 1.807) is 12.1 Å². The first-order valence-electron chi connectivity index (χ1n) is 7.88. The highest BCUT2D eigenvalue weighted by molar-refractivity contribution is 5.93. The van der Waals surface area contributed by atoms with Gasteiger partial charge in [0.05, 0.1) is 5.52 Å². The highest BCUT2D eigenvalue weighted by atomic mass is 16.2. The molecule has 1 amide bonds. The van der Waals surface area contributed by atoms with Crippen molar-refractivity contribution < 1.29 is 4.79 Å². The first-order chi connectivity index (χ1) is 11.7. The summed E-state index contributed by atoms with van der Waals surface area (Å²) in [6.07, 6.45) is 0.968. The van der Waals surface area contributed by atoms with E-state index in [1.165, 1.54) is 11.1 Å². The number of imidazole rings is 1. The van der Waals surface area contributed by atoms with Gasteiger partial charge in [0.1, 0.15) is 5.69 Å². The van der Waals surface area contributed by atoms with Gasteiger partial charge < -0.3 is 15.6 Å². The Morgan fingerprint density at radius 2 is 2.12 bits per heavy atom. The van der Waals surface area contributed by atoms with E-state index in [0.29, 0.717) is 17.7 Å².